The van der Waals surface area contributed by atoms with Gasteiger partial charge >= 0.3 is 6.09 Å². The number of nitriles is 2. The number of β-amino-alcohol motifs (C(OH)–C–C–N with tert-alkyl or cyclic N) is 2. The van der Waals surface area contributed by atoms with Crippen LogP contribution in [0.3, 0.4) is 0 Å². The Balaban J connectivity index is 0.000000202. The third-order valence-electron chi connectivity index (χ3n) is 10.6. The van der Waals surface area contributed by atoms with Crippen LogP contribution in [0.25, 0.3) is 33.9 Å². The van der Waals surface area contributed by atoms with Crippen LogP contribution in [0.5, 0.6) is 0 Å². The lowest BCUT2D eigenvalue weighted by atomic mass is 10.0. The van der Waals surface area contributed by atoms with Gasteiger partial charge in [-0.3, -0.25) is 9.59 Å². The van der Waals surface area contributed by atoms with Gasteiger partial charge < -0.3 is 30.1 Å². The van der Waals surface area contributed by atoms with E-state index < -0.39 is 105 Å². The van der Waals surface area contributed by atoms with Crippen molar-refractivity contribution in [2.45, 2.75) is 77.2 Å². The summed E-state index contributed by atoms with van der Waals surface area (Å²) in [6.07, 6.45) is -0.656. The zero-order valence-corrected chi connectivity index (χ0v) is 36.5. The highest BCUT2D eigenvalue weighted by Gasteiger charge is 2.40. The number of aromatic nitrogens is 6. The van der Waals surface area contributed by atoms with Gasteiger partial charge in [-0.1, -0.05) is 12.1 Å². The Morgan fingerprint density at radius 2 is 1.30 bits per heavy atom. The number of carbonyl (C=O) groups excluding carboxylic acids is 3. The Labute approximate surface area is 414 Å². The summed E-state index contributed by atoms with van der Waals surface area (Å²) in [4.78, 5) is 49.6. The first-order valence-electron chi connectivity index (χ1n) is 27.7. The first-order chi connectivity index (χ1) is 38.2. The smallest absolute Gasteiger partial charge is 0.417 e. The molecule has 2 fully saturated rings. The monoisotopic (exact) mass is 950 g/mol. The quantitative estimate of drug-likeness (QED) is 0.175. The van der Waals surface area contributed by atoms with Crippen LogP contribution in [-0.4, -0.2) is 105 Å². The van der Waals surface area contributed by atoms with Crippen LogP contribution < -0.4 is 15.1 Å². The fourth-order valence-corrected chi connectivity index (χ4v) is 7.66. The molecule has 0 aliphatic carbocycles. The number of pyridine rings is 2. The topological polar surface area (TPSA) is 232 Å². The number of hydrogen-bond acceptors (Lipinski definition) is 14. The van der Waals surface area contributed by atoms with Crippen molar-refractivity contribution >= 4 is 29.5 Å². The van der Waals surface area contributed by atoms with E-state index in [1.54, 1.807) is 20.8 Å². The number of aliphatic hydroxyl groups is 2. The molecule has 4 aliphatic heterocycles. The highest BCUT2D eigenvalue weighted by Crippen LogP contribution is 2.36. The minimum Gasteiger partial charge on any atom is -0.443 e. The Hall–Kier alpha value is -8.07. The van der Waals surface area contributed by atoms with E-state index in [9.17, 15) is 39.5 Å². The fraction of sp³-hybridized carbons (Fsp3) is 0.327. The minimum absolute atomic E-state index is 0.00393. The molecule has 4 aliphatic rings. The molecule has 2 saturated heterocycles. The molecular formula is C49H46F2N12O6. The number of anilines is 2. The fourth-order valence-electron chi connectivity index (χ4n) is 7.66. The number of hydrogen-bond donors (Lipinski definition) is 3. The molecule has 69 heavy (non-hydrogen) atoms. The van der Waals surface area contributed by atoms with Crippen molar-refractivity contribution in [2.75, 3.05) is 35.8 Å². The van der Waals surface area contributed by atoms with Crippen LogP contribution >= 0.6 is 0 Å². The summed E-state index contributed by atoms with van der Waals surface area (Å²) in [6, 6.07) is 16.4. The lowest BCUT2D eigenvalue weighted by Gasteiger charge is -2.23. The van der Waals surface area contributed by atoms with Gasteiger partial charge in [0.15, 0.2) is 11.6 Å². The molecule has 20 heteroatoms. The molecule has 3 amide bonds. The van der Waals surface area contributed by atoms with Gasteiger partial charge in [-0.15, -0.1) is 0 Å². The van der Waals surface area contributed by atoms with E-state index in [0.29, 0.717) is 9.80 Å². The van der Waals surface area contributed by atoms with Crippen LogP contribution in [0.4, 0.5) is 25.2 Å². The zero-order valence-electron chi connectivity index (χ0n) is 50.5. The molecule has 2 atom stereocenters. The van der Waals surface area contributed by atoms with Gasteiger partial charge in [0.2, 0.25) is 0 Å². The molecule has 0 bridgehead atoms. The molecule has 4 aromatic heterocycles. The summed E-state index contributed by atoms with van der Waals surface area (Å²) in [6.45, 7) is -13.8. The molecule has 8 heterocycles. The van der Waals surface area contributed by atoms with Gasteiger partial charge in [0, 0.05) is 64.2 Å². The van der Waals surface area contributed by atoms with Crippen molar-refractivity contribution in [3.8, 4) is 46.0 Å². The van der Waals surface area contributed by atoms with E-state index in [1.165, 1.54) is 54.9 Å². The largest absolute Gasteiger partial charge is 0.443 e. The normalized spacial score (nSPS) is 25.7. The highest BCUT2D eigenvalue weighted by atomic mass is 19.1. The van der Waals surface area contributed by atoms with Gasteiger partial charge in [0.05, 0.1) is 109 Å². The molecule has 352 valence electrons. The van der Waals surface area contributed by atoms with Crippen LogP contribution in [-0.2, 0) is 17.8 Å². The molecule has 2 unspecified atom stereocenters. The second kappa shape index (κ2) is 17.2. The van der Waals surface area contributed by atoms with E-state index in [4.69, 9.17) is 23.9 Å². The molecule has 2 aromatic carbocycles. The molecule has 0 saturated carbocycles. The predicted octanol–water partition coefficient (Wildman–Crippen LogP) is 5.95. The standard InChI is InChI=1S/C27H27FN6O4.C22H19FN6O2/c1-26(2,3)38-25(36)33-14-19-23(24(33)35)20(12-18(30-19)22-16(13-29)6-5-7-17(22)28)34-10-8-21(31-34)32-11-9-27(4,37)15-32;1-22(31)6-8-28(12-22)18-5-7-29(27-18)17-9-15(26-16-11-25-21(30)20(16)17)19-13(10-24)3-2-4-14(19)23/h5-8,10,12,37H,9,11,14-15H2,1-4H3;2-5,7,9,31H,6,8,11-12H2,1H3,(H,25,30)/i4D3,11D2,15D2;1D3,8D2,12D2. The van der Waals surface area contributed by atoms with Crippen LogP contribution in [0, 0.1) is 34.3 Å². The number of imide groups is 1. The number of carbonyl (C=O) groups is 3. The van der Waals surface area contributed by atoms with Crippen molar-refractivity contribution in [1.82, 2.24) is 39.7 Å². The Morgan fingerprint density at radius 1 is 0.797 bits per heavy atom. The van der Waals surface area contributed by atoms with Crippen molar-refractivity contribution < 1.29 is 57.3 Å². The summed E-state index contributed by atoms with van der Waals surface area (Å²) >= 11 is 0. The Kier molecular flexibility index (Phi) is 7.94. The van der Waals surface area contributed by atoms with Gasteiger partial charge in [-0.25, -0.2) is 37.8 Å². The number of nitrogens with one attached hydrogen (secondary N) is 1. The van der Waals surface area contributed by atoms with E-state index >= 15 is 4.39 Å². The van der Waals surface area contributed by atoms with Gasteiger partial charge in [0.25, 0.3) is 11.8 Å². The maximum Gasteiger partial charge on any atom is 0.417 e. The Bertz CT molecular complexity index is 3800. The van der Waals surface area contributed by atoms with E-state index in [1.807, 2.05) is 12.1 Å². The van der Waals surface area contributed by atoms with Gasteiger partial charge in [-0.2, -0.15) is 20.7 Å². The summed E-state index contributed by atoms with van der Waals surface area (Å²) in [5, 5.41) is 51.8. The van der Waals surface area contributed by atoms with E-state index in [2.05, 4.69) is 25.5 Å². The summed E-state index contributed by atoms with van der Waals surface area (Å²) in [7, 11) is 0. The van der Waals surface area contributed by atoms with Crippen molar-refractivity contribution in [2.24, 2.45) is 0 Å². The molecule has 0 spiro atoms. The zero-order chi connectivity index (χ0) is 61.3. The lowest BCUT2D eigenvalue weighted by molar-refractivity contribution is 0.0246. The van der Waals surface area contributed by atoms with Gasteiger partial charge in [-0.05, 0) is 83.7 Å². The predicted molar refractivity (Wildman–Crippen MR) is 245 cm³/mol. The third kappa shape index (κ3) is 8.95. The van der Waals surface area contributed by atoms with Crippen molar-refractivity contribution in [3.05, 3.63) is 118 Å². The number of rotatable bonds is 6. The van der Waals surface area contributed by atoms with Crippen molar-refractivity contribution in [1.29, 1.82) is 10.5 Å². The maximum absolute atomic E-state index is 15.1. The third-order valence-corrected chi connectivity index (χ3v) is 10.6. The molecule has 10 rings (SSSR count). The molecule has 6 aromatic rings. The average Bonchev–Trinajstić information content (AvgIpc) is 1.85. The summed E-state index contributed by atoms with van der Waals surface area (Å²) in [5.41, 5.74) is -7.36. The van der Waals surface area contributed by atoms with Crippen LogP contribution in [0.15, 0.2) is 73.1 Å². The minimum atomic E-state index is -3.31. The van der Waals surface area contributed by atoms with Crippen LogP contribution in [0.2, 0.25) is 0 Å². The molecule has 0 radical (unpaired) electrons. The van der Waals surface area contributed by atoms with E-state index in [-0.39, 0.29) is 86.4 Å². The molecular weight excluding hydrogens is 891 g/mol. The van der Waals surface area contributed by atoms with Gasteiger partial charge in [0.1, 0.15) is 17.2 Å². The second-order valence-corrected chi connectivity index (χ2v) is 16.8. The van der Waals surface area contributed by atoms with Crippen molar-refractivity contribution in [3.63, 3.8) is 0 Å². The maximum atomic E-state index is 15.1. The van der Waals surface area contributed by atoms with Crippen LogP contribution in [0.1, 0.15) is 110 Å². The Morgan fingerprint density at radius 3 is 1.78 bits per heavy atom. The second-order valence-electron chi connectivity index (χ2n) is 16.8. The molecule has 3 N–H and O–H groups in total. The average molecular weight is 951 g/mol. The van der Waals surface area contributed by atoms with E-state index in [0.717, 1.165) is 32.5 Å². The number of nitrogens with zero attached hydrogens (tertiary/aromatic N) is 11. The SMILES string of the molecule is [2H]C1([2H])CC(O)(C([2H])([2H])[2H])C([2H])([2H])N1c1ccn(-c2cc(-c3c(F)cccc3C#N)nc3c2C(=O)N(C(=O)OC(C)(C)C)C3)n1.[2H]C1([2H])CC(O)(C([2H])([2H])[2H])C([2H])([2H])N1c1ccn(-c2cc(-c3c(F)cccc3C#N)nc3c2C(=O)NC3)n1. The molecule has 18 nitrogen and oxygen atoms in total. The first-order valence-corrected chi connectivity index (χ1v) is 20.7. The number of halogens is 2. The highest BCUT2D eigenvalue weighted by molar-refractivity contribution is 6.09. The number of amides is 3. The summed E-state index contributed by atoms with van der Waals surface area (Å²) in [5.74, 6) is -3.66. The number of ether oxygens (including phenoxy) is 1. The number of fused-ring (bicyclic) bond motifs is 2. The lowest BCUT2D eigenvalue weighted by Crippen LogP contribution is -2.37. The first kappa shape index (κ1) is 31.8. The number of benzene rings is 2. The summed E-state index contributed by atoms with van der Waals surface area (Å²) < 4.78 is 150.